The van der Waals surface area contributed by atoms with Crippen molar-refractivity contribution in [2.45, 2.75) is 0 Å². The third-order valence-corrected chi connectivity index (χ3v) is 9.90. The van der Waals surface area contributed by atoms with Crippen LogP contribution in [-0.4, -0.2) is 18.8 Å². The summed E-state index contributed by atoms with van der Waals surface area (Å²) in [5, 5.41) is 4.70. The zero-order valence-corrected chi connectivity index (χ0v) is 29.6. The summed E-state index contributed by atoms with van der Waals surface area (Å²) >= 11 is 0. The van der Waals surface area contributed by atoms with E-state index in [0.717, 1.165) is 67.7 Å². The zero-order valence-electron chi connectivity index (χ0n) is 29.6. The topological polar surface area (TPSA) is 29.9 Å². The monoisotopic (exact) mass is 687 g/mol. The Hall–Kier alpha value is -6.98. The van der Waals surface area contributed by atoms with Crippen LogP contribution >= 0.6 is 0 Å². The molecule has 0 N–H and O–H groups in total. The van der Waals surface area contributed by atoms with Gasteiger partial charge in [-0.05, 0) is 108 Å². The lowest BCUT2D eigenvalue weighted by atomic mass is 10.0. The maximum atomic E-state index is 5.88. The van der Waals surface area contributed by atoms with Crippen LogP contribution in [0.2, 0.25) is 0 Å². The van der Waals surface area contributed by atoms with Gasteiger partial charge in [-0.25, -0.2) is 0 Å². The maximum absolute atomic E-state index is 5.88. The molecule has 0 saturated carbocycles. The van der Waals surface area contributed by atoms with Gasteiger partial charge in [0.05, 0.1) is 36.6 Å². The van der Waals surface area contributed by atoms with E-state index in [-0.39, 0.29) is 0 Å². The summed E-state index contributed by atoms with van der Waals surface area (Å²) in [4.78, 5) is 4.53. The van der Waals surface area contributed by atoms with Gasteiger partial charge in [-0.3, -0.25) is 0 Å². The molecule has 53 heavy (non-hydrogen) atoms. The van der Waals surface area contributed by atoms with Gasteiger partial charge in [-0.2, -0.15) is 0 Å². The minimum absolute atomic E-state index is 0.805. The van der Waals surface area contributed by atoms with Crippen molar-refractivity contribution in [1.29, 1.82) is 0 Å². The largest absolute Gasteiger partial charge is 0.495 e. The van der Waals surface area contributed by atoms with Crippen molar-refractivity contribution >= 4 is 66.7 Å². The molecule has 0 saturated heterocycles. The Morgan fingerprint density at radius 3 is 1.45 bits per heavy atom. The Balaban J connectivity index is 1.28. The Labute approximate surface area is 309 Å². The summed E-state index contributed by atoms with van der Waals surface area (Å²) in [6.07, 6.45) is 0. The number of anilines is 6. The van der Waals surface area contributed by atoms with Gasteiger partial charge in [0.15, 0.2) is 0 Å². The van der Waals surface area contributed by atoms with Crippen LogP contribution in [0.4, 0.5) is 34.1 Å². The van der Waals surface area contributed by atoms with Crippen LogP contribution in [0.5, 0.6) is 11.5 Å². The molecule has 0 fully saturated rings. The summed E-state index contributed by atoms with van der Waals surface area (Å²) in [7, 11) is 3.45. The molecular formula is C48H37N3O2. The molecule has 0 atom stereocenters. The van der Waals surface area contributed by atoms with Crippen molar-refractivity contribution in [3.63, 3.8) is 0 Å². The lowest BCUT2D eigenvalue weighted by molar-refractivity contribution is 0.416. The summed E-state index contributed by atoms with van der Waals surface area (Å²) in [5.74, 6) is 1.62. The standard InChI is InChI=1S/C48H37N3O2/c1-52-47-24-14-12-22-43(47)49(36-16-6-3-7-17-36)39-27-26-34-31-42-41-29-28-40(50(37-18-8-4-9-19-37)44-23-13-15-25-48(44)53-2)33-46(41)51(38-20-10-5-11-21-38)45(42)32-35(34)30-39/h3-33H,1-2H3. The quantitative estimate of drug-likeness (QED) is 0.151. The number of hydrogen-bond donors (Lipinski definition) is 0. The highest BCUT2D eigenvalue weighted by atomic mass is 16.5. The van der Waals surface area contributed by atoms with E-state index in [4.69, 9.17) is 9.47 Å². The number of fused-ring (bicyclic) bond motifs is 4. The SMILES string of the molecule is COc1ccccc1N(c1ccccc1)c1ccc2cc3c4ccc(N(c5ccccc5)c5ccccc5OC)cc4n(-c4ccccc4)c3cc2c1. The Morgan fingerprint density at radius 1 is 0.377 bits per heavy atom. The van der Waals surface area contributed by atoms with Crippen LogP contribution in [0, 0.1) is 0 Å². The van der Waals surface area contributed by atoms with Gasteiger partial charge in [-0.15, -0.1) is 0 Å². The Morgan fingerprint density at radius 2 is 0.868 bits per heavy atom. The first-order chi connectivity index (χ1) is 26.2. The number of rotatable bonds is 9. The molecule has 1 heterocycles. The summed E-state index contributed by atoms with van der Waals surface area (Å²) in [5.41, 5.74) is 9.50. The van der Waals surface area contributed by atoms with Gasteiger partial charge in [0, 0.05) is 39.2 Å². The predicted octanol–water partition coefficient (Wildman–Crippen LogP) is 12.9. The van der Waals surface area contributed by atoms with Crippen molar-refractivity contribution in [3.05, 3.63) is 188 Å². The highest BCUT2D eigenvalue weighted by Crippen LogP contribution is 2.45. The van der Waals surface area contributed by atoms with E-state index < -0.39 is 0 Å². The van der Waals surface area contributed by atoms with Crippen LogP contribution < -0.4 is 19.3 Å². The van der Waals surface area contributed by atoms with Crippen LogP contribution in [0.1, 0.15) is 0 Å². The molecule has 256 valence electrons. The van der Waals surface area contributed by atoms with Gasteiger partial charge in [0.1, 0.15) is 11.5 Å². The fourth-order valence-corrected chi connectivity index (χ4v) is 7.51. The molecule has 9 rings (SSSR count). The van der Waals surface area contributed by atoms with E-state index in [0.29, 0.717) is 0 Å². The summed E-state index contributed by atoms with van der Waals surface area (Å²) in [6.45, 7) is 0. The molecule has 0 aliphatic carbocycles. The number of hydrogen-bond acceptors (Lipinski definition) is 4. The van der Waals surface area contributed by atoms with E-state index in [1.54, 1.807) is 14.2 Å². The van der Waals surface area contributed by atoms with Crippen LogP contribution in [-0.2, 0) is 0 Å². The first-order valence-corrected chi connectivity index (χ1v) is 17.8. The lowest BCUT2D eigenvalue weighted by Gasteiger charge is -2.27. The molecule has 0 unspecified atom stereocenters. The first-order valence-electron chi connectivity index (χ1n) is 17.8. The van der Waals surface area contributed by atoms with Crippen molar-refractivity contribution in [2.75, 3.05) is 24.0 Å². The number of aromatic nitrogens is 1. The highest BCUT2D eigenvalue weighted by molar-refractivity contribution is 6.14. The van der Waals surface area contributed by atoms with Crippen LogP contribution in [0.15, 0.2) is 188 Å². The number of ether oxygens (including phenoxy) is 2. The number of para-hydroxylation sites is 7. The fraction of sp³-hybridized carbons (Fsp3) is 0.0417. The van der Waals surface area contributed by atoms with Gasteiger partial charge < -0.3 is 23.8 Å². The number of nitrogens with zero attached hydrogens (tertiary/aromatic N) is 3. The van der Waals surface area contributed by atoms with E-state index >= 15 is 0 Å². The minimum atomic E-state index is 0.805. The van der Waals surface area contributed by atoms with Crippen molar-refractivity contribution < 1.29 is 9.47 Å². The maximum Gasteiger partial charge on any atom is 0.142 e. The second-order valence-corrected chi connectivity index (χ2v) is 13.0. The second kappa shape index (κ2) is 13.6. The molecule has 0 aliphatic heterocycles. The predicted molar refractivity (Wildman–Crippen MR) is 221 cm³/mol. The molecule has 0 radical (unpaired) electrons. The van der Waals surface area contributed by atoms with Crippen molar-refractivity contribution in [2.24, 2.45) is 0 Å². The Bertz CT molecular complexity index is 2710. The third-order valence-electron chi connectivity index (χ3n) is 9.90. The average molecular weight is 688 g/mol. The van der Waals surface area contributed by atoms with Crippen LogP contribution in [0.3, 0.4) is 0 Å². The van der Waals surface area contributed by atoms with Crippen molar-refractivity contribution in [3.8, 4) is 17.2 Å². The normalized spacial score (nSPS) is 11.2. The third kappa shape index (κ3) is 5.69. The van der Waals surface area contributed by atoms with E-state index in [9.17, 15) is 0 Å². The molecule has 0 bridgehead atoms. The Kier molecular flexibility index (Phi) is 8.22. The zero-order chi connectivity index (χ0) is 35.7. The molecule has 9 aromatic rings. The molecule has 0 spiro atoms. The molecular weight excluding hydrogens is 651 g/mol. The van der Waals surface area contributed by atoms with Gasteiger partial charge in [0.25, 0.3) is 0 Å². The molecule has 1 aromatic heterocycles. The van der Waals surface area contributed by atoms with Crippen LogP contribution in [0.25, 0.3) is 38.3 Å². The summed E-state index contributed by atoms with van der Waals surface area (Å²) in [6, 6.07) is 66.1. The first kappa shape index (κ1) is 32.0. The highest BCUT2D eigenvalue weighted by Gasteiger charge is 2.21. The summed E-state index contributed by atoms with van der Waals surface area (Å²) < 4.78 is 14.1. The molecule has 0 amide bonds. The van der Waals surface area contributed by atoms with E-state index in [2.05, 4.69) is 166 Å². The van der Waals surface area contributed by atoms with E-state index in [1.165, 1.54) is 16.2 Å². The van der Waals surface area contributed by atoms with Crippen molar-refractivity contribution in [1.82, 2.24) is 4.57 Å². The molecule has 5 heteroatoms. The minimum Gasteiger partial charge on any atom is -0.495 e. The second-order valence-electron chi connectivity index (χ2n) is 13.0. The number of benzene rings is 8. The lowest BCUT2D eigenvalue weighted by Crippen LogP contribution is -2.11. The average Bonchev–Trinajstić information content (AvgIpc) is 3.54. The molecule has 0 aliphatic rings. The number of methoxy groups -OCH3 is 2. The smallest absolute Gasteiger partial charge is 0.142 e. The molecule has 5 nitrogen and oxygen atoms in total. The molecule has 8 aromatic carbocycles. The van der Waals surface area contributed by atoms with E-state index in [1.807, 2.05) is 36.4 Å². The van der Waals surface area contributed by atoms with Gasteiger partial charge in [0.2, 0.25) is 0 Å². The van der Waals surface area contributed by atoms with Gasteiger partial charge >= 0.3 is 0 Å². The van der Waals surface area contributed by atoms with Gasteiger partial charge in [-0.1, -0.05) is 91.0 Å². The fourth-order valence-electron chi connectivity index (χ4n) is 7.51.